The Morgan fingerprint density at radius 1 is 0.730 bits per heavy atom. The maximum Gasteiger partial charge on any atom is 0.361 e. The summed E-state index contributed by atoms with van der Waals surface area (Å²) in [6, 6.07) is 32.6. The van der Waals surface area contributed by atoms with Gasteiger partial charge in [-0.2, -0.15) is 0 Å². The molecule has 0 bridgehead atoms. The Labute approximate surface area is 226 Å². The summed E-state index contributed by atoms with van der Waals surface area (Å²) in [5.74, 6) is 2.54. The largest absolute Gasteiger partial charge is 0.497 e. The fourth-order valence-electron chi connectivity index (χ4n) is 3.61. The molecule has 4 rings (SSSR count). The average Bonchev–Trinajstić information content (AvgIpc) is 2.94. The quantitative estimate of drug-likeness (QED) is 0.109. The Balaban J connectivity index is 0.000000376. The fraction of sp³-hybridized carbons (Fsp3) is 0.233. The number of rotatable bonds is 10. The van der Waals surface area contributed by atoms with E-state index in [2.05, 4.69) is 58.5 Å². The van der Waals surface area contributed by atoms with Gasteiger partial charge in [0.05, 0.1) is 30.4 Å². The van der Waals surface area contributed by atoms with E-state index >= 15 is 0 Å². The van der Waals surface area contributed by atoms with E-state index in [1.165, 1.54) is 6.42 Å². The second-order valence-corrected chi connectivity index (χ2v) is 10.2. The van der Waals surface area contributed by atoms with Crippen molar-refractivity contribution in [1.29, 1.82) is 0 Å². The molecule has 0 fully saturated rings. The first kappa shape index (κ1) is 30.3. The second kappa shape index (κ2) is 16.8. The van der Waals surface area contributed by atoms with E-state index < -0.39 is 21.0 Å². The van der Waals surface area contributed by atoms with Gasteiger partial charge in [-0.3, -0.25) is 4.70 Å². The van der Waals surface area contributed by atoms with Gasteiger partial charge in [0, 0.05) is 5.56 Å². The number of hydrogen-bond donors (Lipinski definition) is 0. The predicted octanol–water partition coefficient (Wildman–Crippen LogP) is 7.08. The third-order valence-corrected chi connectivity index (χ3v) is 6.65. The summed E-state index contributed by atoms with van der Waals surface area (Å²) in [4.78, 5) is 0. The Hall–Kier alpha value is -2.92. The maximum absolute atomic E-state index is 9.97. The zero-order valence-electron chi connectivity index (χ0n) is 21.2. The van der Waals surface area contributed by atoms with Crippen molar-refractivity contribution in [2.24, 2.45) is 0 Å². The van der Waals surface area contributed by atoms with Gasteiger partial charge >= 0.3 is 81.2 Å². The first-order valence-electron chi connectivity index (χ1n) is 12.1. The zero-order valence-corrected chi connectivity index (χ0v) is 23.7. The van der Waals surface area contributed by atoms with Crippen molar-refractivity contribution >= 4 is 21.0 Å². The smallest absolute Gasteiger partial charge is 0.361 e. The molecule has 5 nitrogen and oxygen atoms in total. The zero-order chi connectivity index (χ0) is 25.6. The van der Waals surface area contributed by atoms with Crippen molar-refractivity contribution in [3.63, 3.8) is 0 Å². The molecule has 4 aromatic rings. The van der Waals surface area contributed by atoms with Gasteiger partial charge in [0.2, 0.25) is 0 Å². The van der Waals surface area contributed by atoms with Crippen LogP contribution in [-0.2, 0) is 6.03 Å². The Bertz CT molecular complexity index is 1140. The molecule has 1 radical (unpaired) electrons. The van der Waals surface area contributed by atoms with Gasteiger partial charge in [0.1, 0.15) is 5.75 Å². The van der Waals surface area contributed by atoms with Crippen molar-refractivity contribution in [3.8, 4) is 39.5 Å². The molecule has 1 aromatic heterocycles. The first-order valence-corrected chi connectivity index (χ1v) is 15.2. The summed E-state index contributed by atoms with van der Waals surface area (Å²) in [6.45, 7) is 2.51. The summed E-state index contributed by atoms with van der Waals surface area (Å²) in [5, 5.41) is 0. The molecule has 0 aliphatic rings. The van der Waals surface area contributed by atoms with Crippen molar-refractivity contribution in [1.82, 2.24) is 0 Å². The normalized spacial score (nSPS) is 10.0. The Morgan fingerprint density at radius 2 is 1.27 bits per heavy atom. The van der Waals surface area contributed by atoms with E-state index in [1.807, 2.05) is 48.5 Å². The summed E-state index contributed by atoms with van der Waals surface area (Å²) in [7, 11) is 1.68. The molecular weight excluding hydrogens is 581 g/mol. The van der Waals surface area contributed by atoms with Crippen LogP contribution >= 0.6 is 0 Å². The number of methoxy groups -OCH3 is 1. The van der Waals surface area contributed by atoms with Crippen LogP contribution < -0.4 is 8.12 Å². The van der Waals surface area contributed by atoms with Gasteiger partial charge in [-0.15, -0.1) is 0 Å². The van der Waals surface area contributed by atoms with Crippen LogP contribution in [0.1, 0.15) is 32.6 Å². The van der Waals surface area contributed by atoms with E-state index in [4.69, 9.17) is 9.15 Å². The van der Waals surface area contributed by atoms with Crippen LogP contribution in [0.15, 0.2) is 101 Å². The minimum atomic E-state index is -3.58. The topological polar surface area (TPSA) is 69.9 Å². The molecule has 0 N–H and O–H groups in total. The molecule has 0 unspecified atom stereocenters. The van der Waals surface area contributed by atoms with E-state index in [0.717, 1.165) is 58.8 Å². The standard InChI is InChI=1S/C24H19O2.C6H13O.FH.2O.Sb/c1-25-22-14-12-18(13-15-22)21-16-23(19-8-4-2-5-9-19)26-24(17-21)20-10-6-3-7-11-20;1-2-3-4-5-6-7;;;;/h2-17H,1H3;2-6H2,1H3;1H;;;/q+1;-1;;;-1;+1. The van der Waals surface area contributed by atoms with Crippen LogP contribution in [0.2, 0.25) is 0 Å². The molecular formula is C30H33FO5Sb. The molecule has 195 valence electrons. The van der Waals surface area contributed by atoms with Crippen LogP contribution in [0.5, 0.6) is 5.75 Å². The fourth-order valence-corrected chi connectivity index (χ4v) is 4.40. The van der Waals surface area contributed by atoms with Gasteiger partial charge in [-0.05, 0) is 42.0 Å². The van der Waals surface area contributed by atoms with Crippen molar-refractivity contribution in [2.45, 2.75) is 32.6 Å². The van der Waals surface area contributed by atoms with Crippen LogP contribution in [-0.4, -0.2) is 34.8 Å². The molecule has 0 spiro atoms. The average molecular weight is 614 g/mol. The van der Waals surface area contributed by atoms with E-state index in [-0.39, 0.29) is 4.70 Å². The summed E-state index contributed by atoms with van der Waals surface area (Å²) < 4.78 is 35.9. The third kappa shape index (κ3) is 10.2. The van der Waals surface area contributed by atoms with Crippen LogP contribution in [0.3, 0.4) is 0 Å². The van der Waals surface area contributed by atoms with Crippen LogP contribution in [0.4, 0.5) is 4.70 Å². The number of unbranched alkanes of at least 4 members (excludes halogenated alkanes) is 3. The molecule has 7 heteroatoms. The Morgan fingerprint density at radius 3 is 1.73 bits per heavy atom. The first-order chi connectivity index (χ1) is 17.6. The van der Waals surface area contributed by atoms with Gasteiger partial charge in [-0.25, -0.2) is 4.42 Å². The van der Waals surface area contributed by atoms with Crippen molar-refractivity contribution in [2.75, 3.05) is 13.7 Å². The van der Waals surface area contributed by atoms with Crippen molar-refractivity contribution in [3.05, 3.63) is 97.1 Å². The maximum atomic E-state index is 9.97. The minimum Gasteiger partial charge on any atom is -0.497 e. The molecule has 37 heavy (non-hydrogen) atoms. The molecule has 0 aliphatic carbocycles. The number of ether oxygens (including phenoxy) is 1. The second-order valence-electron chi connectivity index (χ2n) is 8.15. The monoisotopic (exact) mass is 613 g/mol. The summed E-state index contributed by atoms with van der Waals surface area (Å²) >= 11 is -3.58. The molecule has 0 atom stereocenters. The van der Waals surface area contributed by atoms with E-state index in [1.54, 1.807) is 7.11 Å². The molecule has 1 heterocycles. The van der Waals surface area contributed by atoms with Crippen LogP contribution in [0, 0.1) is 0 Å². The van der Waals surface area contributed by atoms with E-state index in [9.17, 15) is 6.40 Å². The summed E-state index contributed by atoms with van der Waals surface area (Å²) in [6.07, 6.45) is 4.28. The molecule has 0 aliphatic heterocycles. The van der Waals surface area contributed by atoms with Gasteiger partial charge in [0.15, 0.2) is 0 Å². The van der Waals surface area contributed by atoms with Gasteiger partial charge in [-0.1, -0.05) is 48.5 Å². The summed E-state index contributed by atoms with van der Waals surface area (Å²) in [5.41, 5.74) is 4.34. The Kier molecular flexibility index (Phi) is 13.7. The van der Waals surface area contributed by atoms with Gasteiger partial charge < -0.3 is 4.74 Å². The molecule has 0 amide bonds. The molecule has 0 saturated carbocycles. The SMILES string of the molecule is CCCCCC[O][Sb](=[O])[O-].COc1ccc(-c2cc(-c3ccccc3)[o+]c(-c3ccccc3)c2)cc1.F. The third-order valence-electron chi connectivity index (χ3n) is 5.53. The number of hydrogen-bond acceptors (Lipinski definition) is 4. The van der Waals surface area contributed by atoms with Gasteiger partial charge in [0.25, 0.3) is 0 Å². The number of halogens is 1. The van der Waals surface area contributed by atoms with E-state index in [0.29, 0.717) is 6.61 Å². The molecule has 3 aromatic carbocycles. The predicted molar refractivity (Wildman–Crippen MR) is 145 cm³/mol. The van der Waals surface area contributed by atoms with Crippen LogP contribution in [0.25, 0.3) is 33.8 Å². The number of benzene rings is 3. The van der Waals surface area contributed by atoms with Crippen molar-refractivity contribution < 1.29 is 23.3 Å². The minimum absolute atomic E-state index is 0. The molecule has 0 saturated heterocycles.